The molecule has 0 aliphatic heterocycles. The molecule has 0 bridgehead atoms. The second-order valence-electron chi connectivity index (χ2n) is 3.65. The number of aliphatic carboxylic acids is 1. The van der Waals surface area contributed by atoms with Gasteiger partial charge in [0.25, 0.3) is 0 Å². The molecule has 2 N–H and O–H groups in total. The molecule has 0 aliphatic rings. The molecule has 0 radical (unpaired) electrons. The van der Waals surface area contributed by atoms with E-state index < -0.39 is 33.0 Å². The third-order valence-corrected chi connectivity index (χ3v) is 4.38. The first-order valence-electron chi connectivity index (χ1n) is 4.91. The Morgan fingerprint density at radius 1 is 1.41 bits per heavy atom. The second-order valence-corrected chi connectivity index (χ2v) is 7.00. The van der Waals surface area contributed by atoms with Crippen LogP contribution in [0, 0.1) is 0 Å². The maximum absolute atomic E-state index is 11.5. The molecular weight excluding hydrogens is 266 g/mol. The lowest BCUT2D eigenvalue weighted by Gasteiger charge is -2.16. The SMILES string of the molecule is CSCCC(NC(=O)C(C)S(C)(=O)=O)C(=O)O. The van der Waals surface area contributed by atoms with Crippen LogP contribution in [0.25, 0.3) is 0 Å². The van der Waals surface area contributed by atoms with Gasteiger partial charge in [-0.15, -0.1) is 0 Å². The van der Waals surface area contributed by atoms with Crippen LogP contribution in [0.3, 0.4) is 0 Å². The highest BCUT2D eigenvalue weighted by Crippen LogP contribution is 2.04. The van der Waals surface area contributed by atoms with Gasteiger partial charge in [0.05, 0.1) is 0 Å². The Morgan fingerprint density at radius 3 is 2.29 bits per heavy atom. The molecule has 8 heteroatoms. The van der Waals surface area contributed by atoms with E-state index >= 15 is 0 Å². The summed E-state index contributed by atoms with van der Waals surface area (Å²) in [5.41, 5.74) is 0. The van der Waals surface area contributed by atoms with Gasteiger partial charge in [-0.05, 0) is 25.4 Å². The largest absolute Gasteiger partial charge is 0.480 e. The molecule has 100 valence electrons. The number of sulfone groups is 1. The topological polar surface area (TPSA) is 101 Å². The predicted molar refractivity (Wildman–Crippen MR) is 66.9 cm³/mol. The average Bonchev–Trinajstić information content (AvgIpc) is 2.20. The van der Waals surface area contributed by atoms with Crippen molar-refractivity contribution in [2.75, 3.05) is 18.3 Å². The van der Waals surface area contributed by atoms with E-state index in [0.717, 1.165) is 6.26 Å². The highest BCUT2D eigenvalue weighted by Gasteiger charge is 2.27. The minimum Gasteiger partial charge on any atom is -0.480 e. The summed E-state index contributed by atoms with van der Waals surface area (Å²) in [5, 5.41) is 9.85. The van der Waals surface area contributed by atoms with Gasteiger partial charge >= 0.3 is 5.97 Å². The lowest BCUT2D eigenvalue weighted by Crippen LogP contribution is -2.46. The number of carbonyl (C=O) groups is 2. The third-order valence-electron chi connectivity index (χ3n) is 2.24. The number of hydrogen-bond acceptors (Lipinski definition) is 5. The number of thioether (sulfide) groups is 1. The van der Waals surface area contributed by atoms with Crippen LogP contribution in [0.15, 0.2) is 0 Å². The van der Waals surface area contributed by atoms with Gasteiger partial charge in [0.15, 0.2) is 9.84 Å². The lowest BCUT2D eigenvalue weighted by atomic mass is 10.2. The summed E-state index contributed by atoms with van der Waals surface area (Å²) in [4.78, 5) is 22.3. The van der Waals surface area contributed by atoms with Crippen LogP contribution >= 0.6 is 11.8 Å². The summed E-state index contributed by atoms with van der Waals surface area (Å²) in [6.45, 7) is 1.23. The zero-order chi connectivity index (χ0) is 13.6. The first kappa shape index (κ1) is 16.2. The molecule has 0 heterocycles. The fraction of sp³-hybridized carbons (Fsp3) is 0.778. The molecule has 0 spiro atoms. The molecular formula is C9H17NO5S2. The minimum atomic E-state index is -3.50. The summed E-state index contributed by atoms with van der Waals surface area (Å²) >= 11 is 1.46. The van der Waals surface area contributed by atoms with E-state index in [2.05, 4.69) is 5.32 Å². The van der Waals surface area contributed by atoms with Crippen molar-refractivity contribution >= 4 is 33.5 Å². The quantitative estimate of drug-likeness (QED) is 0.668. The lowest BCUT2D eigenvalue weighted by molar-refractivity contribution is -0.141. The first-order valence-corrected chi connectivity index (χ1v) is 8.26. The van der Waals surface area contributed by atoms with E-state index in [9.17, 15) is 18.0 Å². The Labute approximate surface area is 105 Å². The molecule has 6 nitrogen and oxygen atoms in total. The Hall–Kier alpha value is -0.760. The van der Waals surface area contributed by atoms with E-state index in [1.54, 1.807) is 0 Å². The van der Waals surface area contributed by atoms with Crippen molar-refractivity contribution in [2.24, 2.45) is 0 Å². The molecule has 0 aromatic carbocycles. The number of hydrogen-bond donors (Lipinski definition) is 2. The average molecular weight is 283 g/mol. The molecule has 0 fully saturated rings. The minimum absolute atomic E-state index is 0.263. The normalized spacial score (nSPS) is 15.0. The smallest absolute Gasteiger partial charge is 0.326 e. The first-order chi connectivity index (χ1) is 7.70. The highest BCUT2D eigenvalue weighted by molar-refractivity contribution is 7.98. The van der Waals surface area contributed by atoms with Crippen molar-refractivity contribution in [3.05, 3.63) is 0 Å². The molecule has 0 aromatic heterocycles. The number of nitrogens with one attached hydrogen (secondary N) is 1. The number of carboxylic acids is 1. The van der Waals surface area contributed by atoms with Crippen LogP contribution in [0.2, 0.25) is 0 Å². The Balaban J connectivity index is 4.56. The summed E-state index contributed by atoms with van der Waals surface area (Å²) in [5.74, 6) is -1.36. The van der Waals surface area contributed by atoms with Gasteiger partial charge in [-0.1, -0.05) is 0 Å². The number of carboxylic acid groups (broad SMARTS) is 1. The van der Waals surface area contributed by atoms with Gasteiger partial charge in [-0.25, -0.2) is 13.2 Å². The summed E-state index contributed by atoms with van der Waals surface area (Å²) in [6, 6.07) is -1.04. The van der Waals surface area contributed by atoms with Crippen LogP contribution in [-0.4, -0.2) is 55.0 Å². The predicted octanol–water partition coefficient (Wildman–Crippen LogP) is -0.258. The summed E-state index contributed by atoms with van der Waals surface area (Å²) in [6.07, 6.45) is 3.02. The zero-order valence-corrected chi connectivity index (χ0v) is 11.6. The van der Waals surface area contributed by atoms with Crippen LogP contribution in [-0.2, 0) is 19.4 Å². The summed E-state index contributed by atoms with van der Waals surface area (Å²) in [7, 11) is -3.50. The van der Waals surface area contributed by atoms with Gasteiger partial charge < -0.3 is 10.4 Å². The molecule has 2 unspecified atom stereocenters. The van der Waals surface area contributed by atoms with Crippen molar-refractivity contribution in [3.8, 4) is 0 Å². The maximum Gasteiger partial charge on any atom is 0.326 e. The molecule has 2 atom stereocenters. The standard InChI is InChI=1S/C9H17NO5S2/c1-6(17(3,14)15)8(11)10-7(9(12)13)4-5-16-2/h6-7H,4-5H2,1-3H3,(H,10,11)(H,12,13). The molecule has 0 aromatic rings. The van der Waals surface area contributed by atoms with Gasteiger partial charge in [0.2, 0.25) is 5.91 Å². The third kappa shape index (κ3) is 5.92. The van der Waals surface area contributed by atoms with Crippen LogP contribution < -0.4 is 5.32 Å². The monoisotopic (exact) mass is 283 g/mol. The van der Waals surface area contributed by atoms with Crippen LogP contribution in [0.1, 0.15) is 13.3 Å². The molecule has 17 heavy (non-hydrogen) atoms. The Bertz CT molecular complexity index is 379. The fourth-order valence-electron chi connectivity index (χ4n) is 0.977. The van der Waals surface area contributed by atoms with Gasteiger partial charge in [0, 0.05) is 6.26 Å². The van der Waals surface area contributed by atoms with E-state index in [1.807, 2.05) is 6.26 Å². The zero-order valence-electron chi connectivity index (χ0n) is 9.97. The van der Waals surface area contributed by atoms with Crippen molar-refractivity contribution in [2.45, 2.75) is 24.6 Å². The number of amides is 1. The highest BCUT2D eigenvalue weighted by atomic mass is 32.2. The van der Waals surface area contributed by atoms with Crippen LogP contribution in [0.5, 0.6) is 0 Å². The molecule has 0 saturated carbocycles. The van der Waals surface area contributed by atoms with Crippen molar-refractivity contribution in [1.29, 1.82) is 0 Å². The fourth-order valence-corrected chi connectivity index (χ4v) is 1.90. The molecule has 1 amide bonds. The number of rotatable bonds is 7. The van der Waals surface area contributed by atoms with E-state index in [4.69, 9.17) is 5.11 Å². The molecule has 0 saturated heterocycles. The van der Waals surface area contributed by atoms with E-state index in [1.165, 1.54) is 18.7 Å². The maximum atomic E-state index is 11.5. The Kier molecular flexibility index (Phi) is 6.54. The van der Waals surface area contributed by atoms with Crippen LogP contribution in [0.4, 0.5) is 0 Å². The second kappa shape index (κ2) is 6.85. The van der Waals surface area contributed by atoms with E-state index in [-0.39, 0.29) is 6.42 Å². The van der Waals surface area contributed by atoms with E-state index in [0.29, 0.717) is 5.75 Å². The van der Waals surface area contributed by atoms with Gasteiger partial charge in [-0.3, -0.25) is 4.79 Å². The van der Waals surface area contributed by atoms with Crippen molar-refractivity contribution in [3.63, 3.8) is 0 Å². The summed E-state index contributed by atoms with van der Waals surface area (Å²) < 4.78 is 22.3. The molecule has 0 rings (SSSR count). The Morgan fingerprint density at radius 2 is 1.94 bits per heavy atom. The van der Waals surface area contributed by atoms with Crippen molar-refractivity contribution in [1.82, 2.24) is 5.32 Å². The van der Waals surface area contributed by atoms with Crippen molar-refractivity contribution < 1.29 is 23.1 Å². The number of carbonyl (C=O) groups excluding carboxylic acids is 1. The van der Waals surface area contributed by atoms with Gasteiger partial charge in [-0.2, -0.15) is 11.8 Å². The van der Waals surface area contributed by atoms with Gasteiger partial charge in [0.1, 0.15) is 11.3 Å². The molecule has 0 aliphatic carbocycles.